The highest BCUT2D eigenvalue weighted by Gasteiger charge is 2.52. The Morgan fingerprint density at radius 1 is 1.22 bits per heavy atom. The second-order valence-corrected chi connectivity index (χ2v) is 8.23. The van der Waals surface area contributed by atoms with E-state index in [1.54, 1.807) is 25.1 Å². The summed E-state index contributed by atoms with van der Waals surface area (Å²) in [6.07, 6.45) is -0.532. The molecule has 1 aliphatic heterocycles. The van der Waals surface area contributed by atoms with Crippen LogP contribution in [0.4, 0.5) is 5.69 Å². The molecule has 3 atom stereocenters. The first-order valence-corrected chi connectivity index (χ1v) is 11.1. The molecule has 0 radical (unpaired) electrons. The van der Waals surface area contributed by atoms with Crippen molar-refractivity contribution < 1.29 is 33.7 Å². The van der Waals surface area contributed by atoms with E-state index in [1.807, 2.05) is 6.19 Å². The number of nitrogens with one attached hydrogen (secondary N) is 2. The molecule has 13 nitrogen and oxygen atoms in total. The van der Waals surface area contributed by atoms with Crippen molar-refractivity contribution in [3.63, 3.8) is 0 Å². The highest BCUT2D eigenvalue weighted by atomic mass is 16.7. The van der Waals surface area contributed by atoms with E-state index in [4.69, 9.17) is 23.7 Å². The van der Waals surface area contributed by atoms with Gasteiger partial charge >= 0.3 is 0 Å². The molecule has 13 heteroatoms. The molecule has 0 spiro atoms. The maximum atomic E-state index is 11.4. The number of benzene rings is 2. The predicted octanol–water partition coefficient (Wildman–Crippen LogP) is 2.00. The summed E-state index contributed by atoms with van der Waals surface area (Å²) in [5.74, 6) is 1.36. The number of aliphatic hydroxyl groups excluding tert-OH is 1. The lowest BCUT2D eigenvalue weighted by molar-refractivity contribution is -0.385. The Balaban J connectivity index is 2.01. The van der Waals surface area contributed by atoms with Gasteiger partial charge in [0.25, 0.3) is 5.69 Å². The van der Waals surface area contributed by atoms with Gasteiger partial charge in [-0.05, 0) is 30.7 Å². The molecule has 198 valence electrons. The minimum absolute atomic E-state index is 0.0226. The zero-order valence-corrected chi connectivity index (χ0v) is 21.0. The predicted molar refractivity (Wildman–Crippen MR) is 131 cm³/mol. The summed E-state index contributed by atoms with van der Waals surface area (Å²) in [6.45, 7) is 1.72. The van der Waals surface area contributed by atoms with Crippen molar-refractivity contribution in [2.75, 3.05) is 28.4 Å². The first kappa shape index (κ1) is 27.5. The van der Waals surface area contributed by atoms with Gasteiger partial charge in [-0.2, -0.15) is 5.26 Å². The van der Waals surface area contributed by atoms with Crippen molar-refractivity contribution in [2.24, 2.45) is 4.99 Å². The third kappa shape index (κ3) is 5.67. The molecule has 1 heterocycles. The molecule has 2 aromatic carbocycles. The topological polar surface area (TPSA) is 170 Å². The number of hydrogen-bond acceptors (Lipinski definition) is 10. The number of nitro benzene ring substituents is 1. The van der Waals surface area contributed by atoms with Crippen molar-refractivity contribution >= 4 is 11.6 Å². The van der Waals surface area contributed by atoms with Crippen molar-refractivity contribution in [1.82, 2.24) is 10.6 Å². The molecule has 0 aromatic heterocycles. The van der Waals surface area contributed by atoms with Crippen LogP contribution < -0.4 is 24.8 Å². The third-order valence-corrected chi connectivity index (χ3v) is 6.00. The van der Waals surface area contributed by atoms with E-state index in [0.29, 0.717) is 17.1 Å². The minimum Gasteiger partial charge on any atom is -0.493 e. The number of hydrogen-bond donors (Lipinski definition) is 3. The largest absolute Gasteiger partial charge is 0.493 e. The molecule has 0 bridgehead atoms. The van der Waals surface area contributed by atoms with E-state index in [9.17, 15) is 20.5 Å². The van der Waals surface area contributed by atoms with E-state index >= 15 is 0 Å². The molecule has 1 aliphatic rings. The molecule has 3 rings (SSSR count). The summed E-state index contributed by atoms with van der Waals surface area (Å²) >= 11 is 0. The maximum Gasteiger partial charge on any atom is 0.270 e. The van der Waals surface area contributed by atoms with Crippen LogP contribution in [0.25, 0.3) is 0 Å². The van der Waals surface area contributed by atoms with Gasteiger partial charge in [0.15, 0.2) is 29.6 Å². The van der Waals surface area contributed by atoms with Crippen LogP contribution >= 0.6 is 0 Å². The van der Waals surface area contributed by atoms with Crippen LogP contribution in [0.5, 0.6) is 17.2 Å². The number of aliphatic imine (C=N–C) groups is 1. The van der Waals surface area contributed by atoms with Gasteiger partial charge in [0.05, 0.1) is 31.7 Å². The Morgan fingerprint density at radius 2 is 1.92 bits per heavy atom. The number of nitro groups is 1. The van der Waals surface area contributed by atoms with E-state index in [0.717, 1.165) is 5.56 Å². The molecule has 0 saturated heterocycles. The number of aliphatic hydroxyl groups is 1. The monoisotopic (exact) mass is 515 g/mol. The molecule has 0 amide bonds. The van der Waals surface area contributed by atoms with Gasteiger partial charge in [-0.15, -0.1) is 0 Å². The van der Waals surface area contributed by atoms with Crippen LogP contribution in [-0.4, -0.2) is 62.4 Å². The molecule has 37 heavy (non-hydrogen) atoms. The lowest BCUT2D eigenvalue weighted by Crippen LogP contribution is -2.62. The summed E-state index contributed by atoms with van der Waals surface area (Å²) in [4.78, 5) is 15.3. The normalized spacial score (nSPS) is 20.9. The Labute approximate surface area is 213 Å². The van der Waals surface area contributed by atoms with E-state index in [2.05, 4.69) is 15.6 Å². The molecule has 2 aromatic rings. The van der Waals surface area contributed by atoms with Gasteiger partial charge in [-0.1, -0.05) is 6.07 Å². The number of ether oxygens (including phenoxy) is 5. The van der Waals surface area contributed by atoms with E-state index in [1.165, 1.54) is 46.6 Å². The Hall–Kier alpha value is -4.12. The molecule has 0 unspecified atom stereocenters. The lowest BCUT2D eigenvalue weighted by atomic mass is 9.84. The fourth-order valence-corrected chi connectivity index (χ4v) is 4.16. The average molecular weight is 516 g/mol. The summed E-state index contributed by atoms with van der Waals surface area (Å²) < 4.78 is 27.4. The number of fused-ring (bicyclic) bond motifs is 1. The third-order valence-electron chi connectivity index (χ3n) is 6.00. The molecule has 3 N–H and O–H groups in total. The SMILES string of the molecule is COc1ccc(CN=C(NC#N)N[C@H]2c3cc([N+](=O)[O-])ccc3O[C@](C)(C(OC)OC)[C@H]2O)cc1OC. The number of methoxy groups -OCH3 is 4. The number of guanidine groups is 1. The van der Waals surface area contributed by atoms with Gasteiger partial charge < -0.3 is 34.1 Å². The van der Waals surface area contributed by atoms with Gasteiger partial charge in [-0.25, -0.2) is 4.99 Å². The number of non-ortho nitro benzene ring substituents is 1. The second-order valence-electron chi connectivity index (χ2n) is 8.23. The smallest absolute Gasteiger partial charge is 0.270 e. The first-order chi connectivity index (χ1) is 17.7. The average Bonchev–Trinajstić information content (AvgIpc) is 2.89. The van der Waals surface area contributed by atoms with E-state index in [-0.39, 0.29) is 23.9 Å². The van der Waals surface area contributed by atoms with Gasteiger partial charge in [-0.3, -0.25) is 15.4 Å². The number of nitrogens with zero attached hydrogens (tertiary/aromatic N) is 3. The maximum absolute atomic E-state index is 11.4. The minimum atomic E-state index is -1.43. The standard InChI is InChI=1S/C24H29N5O8/c1-24(22(35-4)36-5)21(30)20(16-11-15(29(31)32)7-9-17(16)37-24)28-23(27-13-25)26-12-14-6-8-18(33-2)19(10-14)34-3/h6-11,20-22,30H,12H2,1-5H3,(H2,26,27,28)/t20-,21-,24-/m0/s1. The Bertz CT molecular complexity index is 1200. The number of rotatable bonds is 9. The molecular formula is C24H29N5O8. The zero-order chi connectivity index (χ0) is 27.2. The van der Waals surface area contributed by atoms with Gasteiger partial charge in [0, 0.05) is 31.9 Å². The summed E-state index contributed by atoms with van der Waals surface area (Å²) in [5, 5.41) is 37.6. The van der Waals surface area contributed by atoms with Crippen LogP contribution in [0.2, 0.25) is 0 Å². The molecule has 0 saturated carbocycles. The Morgan fingerprint density at radius 3 is 2.51 bits per heavy atom. The van der Waals surface area contributed by atoms with Crippen molar-refractivity contribution in [1.29, 1.82) is 5.26 Å². The quantitative estimate of drug-likeness (QED) is 0.0849. The summed E-state index contributed by atoms with van der Waals surface area (Å²) in [6, 6.07) is 8.29. The first-order valence-electron chi connectivity index (χ1n) is 11.1. The fourth-order valence-electron chi connectivity index (χ4n) is 4.16. The highest BCUT2D eigenvalue weighted by Crippen LogP contribution is 2.43. The van der Waals surface area contributed by atoms with Crippen LogP contribution in [0.1, 0.15) is 24.1 Å². The van der Waals surface area contributed by atoms with Crippen LogP contribution in [0.3, 0.4) is 0 Å². The molecule has 0 aliphatic carbocycles. The van der Waals surface area contributed by atoms with Gasteiger partial charge in [0.1, 0.15) is 11.9 Å². The summed E-state index contributed by atoms with van der Waals surface area (Å²) in [7, 11) is 5.84. The highest BCUT2D eigenvalue weighted by molar-refractivity contribution is 5.82. The van der Waals surface area contributed by atoms with Crippen LogP contribution in [-0.2, 0) is 16.0 Å². The van der Waals surface area contributed by atoms with Gasteiger partial charge in [0.2, 0.25) is 5.96 Å². The summed E-state index contributed by atoms with van der Waals surface area (Å²) in [5.41, 5.74) is -0.574. The van der Waals surface area contributed by atoms with Crippen molar-refractivity contribution in [3.8, 4) is 23.4 Å². The molecule has 0 fully saturated rings. The van der Waals surface area contributed by atoms with Crippen LogP contribution in [0.15, 0.2) is 41.4 Å². The molecular weight excluding hydrogens is 486 g/mol. The lowest BCUT2D eigenvalue weighted by Gasteiger charge is -2.46. The number of nitriles is 1. The second kappa shape index (κ2) is 11.7. The fraction of sp³-hybridized carbons (Fsp3) is 0.417. The Kier molecular flexibility index (Phi) is 8.72. The van der Waals surface area contributed by atoms with Crippen LogP contribution in [0, 0.1) is 21.6 Å². The van der Waals surface area contributed by atoms with Crippen molar-refractivity contribution in [3.05, 3.63) is 57.6 Å². The zero-order valence-electron chi connectivity index (χ0n) is 21.0. The van der Waals surface area contributed by atoms with Crippen molar-refractivity contribution in [2.45, 2.75) is 37.5 Å². The van der Waals surface area contributed by atoms with E-state index < -0.39 is 29.0 Å².